The molecular formula is C17H20N4O3. The van der Waals surface area contributed by atoms with Crippen molar-refractivity contribution in [1.82, 2.24) is 15.3 Å². The fraction of sp³-hybridized carbons (Fsp3) is 0.471. The molecule has 1 amide bonds. The number of amides is 1. The van der Waals surface area contributed by atoms with Crippen LogP contribution in [0.4, 0.5) is 5.95 Å². The van der Waals surface area contributed by atoms with Crippen LogP contribution in [-0.4, -0.2) is 41.7 Å². The Morgan fingerprint density at radius 3 is 2.96 bits per heavy atom. The summed E-state index contributed by atoms with van der Waals surface area (Å²) < 4.78 is 11.1. The summed E-state index contributed by atoms with van der Waals surface area (Å²) in [5.74, 6) is 1.55. The van der Waals surface area contributed by atoms with Crippen molar-refractivity contribution in [2.45, 2.75) is 19.1 Å². The number of ether oxygens (including phenoxy) is 1. The number of carbonyl (C=O) groups is 1. The second kappa shape index (κ2) is 6.60. The summed E-state index contributed by atoms with van der Waals surface area (Å²) in [4.78, 5) is 23.4. The summed E-state index contributed by atoms with van der Waals surface area (Å²) in [7, 11) is 0. The van der Waals surface area contributed by atoms with Crippen LogP contribution in [0.1, 0.15) is 12.2 Å². The fourth-order valence-electron chi connectivity index (χ4n) is 3.59. The highest BCUT2D eigenvalue weighted by Crippen LogP contribution is 2.34. The topological polar surface area (TPSA) is 80.5 Å². The largest absolute Gasteiger partial charge is 0.467 e. The monoisotopic (exact) mass is 328 g/mol. The third kappa shape index (κ3) is 2.99. The summed E-state index contributed by atoms with van der Waals surface area (Å²) in [5.41, 5.74) is 0. The summed E-state index contributed by atoms with van der Waals surface area (Å²) in [6, 6.07) is 5.46. The smallest absolute Gasteiger partial charge is 0.225 e. The van der Waals surface area contributed by atoms with Crippen molar-refractivity contribution in [3.8, 4) is 0 Å². The van der Waals surface area contributed by atoms with E-state index in [1.807, 2.05) is 17.0 Å². The molecule has 0 aliphatic carbocycles. The number of carbonyl (C=O) groups excluding carboxylic acids is 1. The Bertz CT molecular complexity index is 676. The van der Waals surface area contributed by atoms with Crippen LogP contribution in [0.5, 0.6) is 0 Å². The number of furan rings is 1. The molecule has 2 aromatic heterocycles. The van der Waals surface area contributed by atoms with E-state index in [1.165, 1.54) is 0 Å². The third-order valence-corrected chi connectivity index (χ3v) is 4.78. The van der Waals surface area contributed by atoms with Gasteiger partial charge in [0, 0.05) is 38.0 Å². The van der Waals surface area contributed by atoms with Gasteiger partial charge in [-0.1, -0.05) is 0 Å². The number of anilines is 1. The first-order valence-corrected chi connectivity index (χ1v) is 8.25. The first kappa shape index (κ1) is 15.1. The van der Waals surface area contributed by atoms with Crippen LogP contribution < -0.4 is 10.2 Å². The zero-order valence-corrected chi connectivity index (χ0v) is 13.3. The van der Waals surface area contributed by atoms with Crippen LogP contribution in [0, 0.1) is 11.8 Å². The molecule has 2 fully saturated rings. The van der Waals surface area contributed by atoms with Gasteiger partial charge in [-0.15, -0.1) is 0 Å². The molecule has 0 radical (unpaired) electrons. The minimum Gasteiger partial charge on any atom is -0.467 e. The van der Waals surface area contributed by atoms with Gasteiger partial charge >= 0.3 is 0 Å². The maximum Gasteiger partial charge on any atom is 0.225 e. The molecule has 0 bridgehead atoms. The van der Waals surface area contributed by atoms with Crippen molar-refractivity contribution < 1.29 is 13.9 Å². The van der Waals surface area contributed by atoms with Crippen LogP contribution in [0.2, 0.25) is 0 Å². The van der Waals surface area contributed by atoms with Crippen molar-refractivity contribution in [1.29, 1.82) is 0 Å². The second-order valence-corrected chi connectivity index (χ2v) is 6.22. The van der Waals surface area contributed by atoms with Gasteiger partial charge in [-0.2, -0.15) is 0 Å². The molecule has 7 nitrogen and oxygen atoms in total. The quantitative estimate of drug-likeness (QED) is 0.909. The van der Waals surface area contributed by atoms with Gasteiger partial charge in [0.05, 0.1) is 24.8 Å². The number of hydrogen-bond acceptors (Lipinski definition) is 6. The number of fused-ring (bicyclic) bond motifs is 1. The Balaban J connectivity index is 1.48. The number of piperidine rings is 1. The van der Waals surface area contributed by atoms with Crippen LogP contribution in [0.3, 0.4) is 0 Å². The molecule has 4 heterocycles. The molecule has 0 saturated carbocycles. The van der Waals surface area contributed by atoms with E-state index in [-0.39, 0.29) is 23.8 Å². The standard InChI is InChI=1S/C17H20N4O3/c22-16(20-9-12-3-1-7-23-12)14-10-21(17-18-5-2-6-19-17)11-15-13(14)4-8-24-15/h1-3,5-7,13-15H,4,8-11H2,(H,20,22)/t13-,14-,15+/m1/s1. The van der Waals surface area contributed by atoms with Gasteiger partial charge < -0.3 is 19.4 Å². The normalized spacial score (nSPS) is 26.2. The maximum atomic E-state index is 12.7. The summed E-state index contributed by atoms with van der Waals surface area (Å²) in [5, 5.41) is 2.98. The Morgan fingerprint density at radius 1 is 1.29 bits per heavy atom. The predicted molar refractivity (Wildman–Crippen MR) is 86.1 cm³/mol. The summed E-state index contributed by atoms with van der Waals surface area (Å²) in [6.45, 7) is 2.46. The van der Waals surface area contributed by atoms with Crippen LogP contribution >= 0.6 is 0 Å². The van der Waals surface area contributed by atoms with Gasteiger partial charge in [-0.05, 0) is 24.6 Å². The van der Waals surface area contributed by atoms with E-state index in [0.29, 0.717) is 25.6 Å². The van der Waals surface area contributed by atoms with Gasteiger partial charge in [0.1, 0.15) is 5.76 Å². The molecule has 7 heteroatoms. The van der Waals surface area contributed by atoms with E-state index in [0.717, 1.165) is 18.7 Å². The highest BCUT2D eigenvalue weighted by molar-refractivity contribution is 5.80. The van der Waals surface area contributed by atoms with Gasteiger partial charge in [0.2, 0.25) is 11.9 Å². The molecule has 3 atom stereocenters. The van der Waals surface area contributed by atoms with Crippen molar-refractivity contribution >= 4 is 11.9 Å². The van der Waals surface area contributed by atoms with E-state index >= 15 is 0 Å². The Morgan fingerprint density at radius 2 is 2.17 bits per heavy atom. The molecule has 4 rings (SSSR count). The lowest BCUT2D eigenvalue weighted by atomic mass is 9.82. The zero-order chi connectivity index (χ0) is 16.4. The molecule has 2 saturated heterocycles. The molecule has 0 aromatic carbocycles. The van der Waals surface area contributed by atoms with Crippen molar-refractivity contribution in [3.05, 3.63) is 42.6 Å². The highest BCUT2D eigenvalue weighted by Gasteiger charge is 2.44. The van der Waals surface area contributed by atoms with Gasteiger partial charge in [0.25, 0.3) is 0 Å². The molecule has 0 unspecified atom stereocenters. The number of aromatic nitrogens is 2. The zero-order valence-electron chi connectivity index (χ0n) is 13.3. The summed E-state index contributed by atoms with van der Waals surface area (Å²) >= 11 is 0. The highest BCUT2D eigenvalue weighted by atomic mass is 16.5. The van der Waals surface area contributed by atoms with E-state index in [1.54, 1.807) is 24.7 Å². The van der Waals surface area contributed by atoms with E-state index in [4.69, 9.17) is 9.15 Å². The average molecular weight is 328 g/mol. The summed E-state index contributed by atoms with van der Waals surface area (Å²) in [6.07, 6.45) is 6.03. The van der Waals surface area contributed by atoms with Crippen LogP contribution in [-0.2, 0) is 16.1 Å². The van der Waals surface area contributed by atoms with Crippen molar-refractivity contribution in [3.63, 3.8) is 0 Å². The van der Waals surface area contributed by atoms with E-state index < -0.39 is 0 Å². The Labute approximate surface area is 140 Å². The molecule has 0 spiro atoms. The van der Waals surface area contributed by atoms with Gasteiger partial charge in [-0.3, -0.25) is 4.79 Å². The first-order chi connectivity index (χ1) is 11.8. The average Bonchev–Trinajstić information content (AvgIpc) is 3.31. The minimum atomic E-state index is -0.134. The molecular weight excluding hydrogens is 308 g/mol. The number of nitrogens with zero attached hydrogens (tertiary/aromatic N) is 3. The molecule has 2 aliphatic rings. The second-order valence-electron chi connectivity index (χ2n) is 6.22. The van der Waals surface area contributed by atoms with Crippen LogP contribution in [0.15, 0.2) is 41.3 Å². The maximum absolute atomic E-state index is 12.7. The molecule has 2 aromatic rings. The lowest BCUT2D eigenvalue weighted by Crippen LogP contribution is -2.53. The minimum absolute atomic E-state index is 0.0348. The number of hydrogen-bond donors (Lipinski definition) is 1. The number of nitrogens with one attached hydrogen (secondary N) is 1. The Hall–Kier alpha value is -2.41. The SMILES string of the molecule is O=C(NCc1ccco1)[C@@H]1CN(c2ncccn2)C[C@@H]2OCC[C@@H]21. The van der Waals surface area contributed by atoms with Gasteiger partial charge in [0.15, 0.2) is 0 Å². The van der Waals surface area contributed by atoms with Crippen molar-refractivity contribution in [2.24, 2.45) is 11.8 Å². The van der Waals surface area contributed by atoms with E-state index in [9.17, 15) is 4.79 Å². The predicted octanol–water partition coefficient (Wildman–Crippen LogP) is 1.23. The molecule has 1 N–H and O–H groups in total. The molecule has 126 valence electrons. The third-order valence-electron chi connectivity index (χ3n) is 4.78. The van der Waals surface area contributed by atoms with Gasteiger partial charge in [-0.25, -0.2) is 9.97 Å². The Kier molecular flexibility index (Phi) is 4.17. The van der Waals surface area contributed by atoms with Crippen molar-refractivity contribution in [2.75, 3.05) is 24.6 Å². The number of rotatable bonds is 4. The van der Waals surface area contributed by atoms with E-state index in [2.05, 4.69) is 15.3 Å². The fourth-order valence-corrected chi connectivity index (χ4v) is 3.59. The lowest BCUT2D eigenvalue weighted by Gasteiger charge is -2.39. The first-order valence-electron chi connectivity index (χ1n) is 8.25. The van der Waals surface area contributed by atoms with Crippen LogP contribution in [0.25, 0.3) is 0 Å². The lowest BCUT2D eigenvalue weighted by molar-refractivity contribution is -0.128. The molecule has 24 heavy (non-hydrogen) atoms. The molecule has 2 aliphatic heterocycles.